The molecule has 3 unspecified atom stereocenters. The van der Waals surface area contributed by atoms with Gasteiger partial charge in [-0.1, -0.05) is 41.7 Å². The van der Waals surface area contributed by atoms with Crippen molar-refractivity contribution in [2.45, 2.75) is 105 Å². The van der Waals surface area contributed by atoms with Crippen LogP contribution in [0.5, 0.6) is 0 Å². The number of cyclic esters (lactones) is 1. The van der Waals surface area contributed by atoms with Gasteiger partial charge in [0.2, 0.25) is 3.79 Å². The molecule has 0 aromatic carbocycles. The molecule has 6 nitrogen and oxygen atoms in total. The second-order valence-corrected chi connectivity index (χ2v) is 15.3. The summed E-state index contributed by atoms with van der Waals surface area (Å²) >= 11 is 26.2. The second-order valence-electron chi connectivity index (χ2n) is 12.2. The summed E-state index contributed by atoms with van der Waals surface area (Å²) < 4.78 is 14.9. The number of ether oxygens (including phenoxy) is 3. The van der Waals surface area contributed by atoms with Crippen LogP contribution < -0.4 is 0 Å². The highest BCUT2D eigenvalue weighted by atomic mass is 35.6. The Labute approximate surface area is 233 Å². The van der Waals surface area contributed by atoms with E-state index >= 15 is 0 Å². The Morgan fingerprint density at radius 1 is 0.972 bits per heavy atom. The lowest BCUT2D eigenvalue weighted by molar-refractivity contribution is -0.213. The van der Waals surface area contributed by atoms with Crippen molar-refractivity contribution in [2.24, 2.45) is 29.1 Å². The van der Waals surface area contributed by atoms with E-state index in [4.69, 9.17) is 60.6 Å². The normalized spacial score (nSPS) is 39.1. The van der Waals surface area contributed by atoms with Gasteiger partial charge in [0, 0.05) is 6.42 Å². The van der Waals surface area contributed by atoms with E-state index in [9.17, 15) is 14.4 Å². The van der Waals surface area contributed by atoms with Crippen molar-refractivity contribution in [3.8, 4) is 0 Å². The van der Waals surface area contributed by atoms with Crippen LogP contribution >= 0.6 is 46.4 Å². The highest BCUT2D eigenvalue weighted by molar-refractivity contribution is 6.69. The first-order valence-corrected chi connectivity index (χ1v) is 14.4. The van der Waals surface area contributed by atoms with Gasteiger partial charge in [-0.2, -0.15) is 0 Å². The number of alkyl halides is 4. The molecule has 0 amide bonds. The molecule has 36 heavy (non-hydrogen) atoms. The minimum atomic E-state index is -2.09. The third-order valence-electron chi connectivity index (χ3n) is 9.42. The lowest BCUT2D eigenvalue weighted by Gasteiger charge is -2.59. The van der Waals surface area contributed by atoms with Crippen molar-refractivity contribution in [2.75, 3.05) is 6.61 Å². The molecular weight excluding hydrogens is 550 g/mol. The maximum Gasteiger partial charge on any atom is 0.327 e. The highest BCUT2D eigenvalue weighted by Crippen LogP contribution is 2.61. The van der Waals surface area contributed by atoms with E-state index in [1.807, 2.05) is 6.92 Å². The highest BCUT2D eigenvalue weighted by Gasteiger charge is 2.63. The fourth-order valence-electron chi connectivity index (χ4n) is 7.22. The smallest absolute Gasteiger partial charge is 0.327 e. The number of hydrogen-bond donors (Lipinski definition) is 0. The van der Waals surface area contributed by atoms with Crippen molar-refractivity contribution >= 4 is 64.3 Å². The third-order valence-corrected chi connectivity index (χ3v) is 10.8. The van der Waals surface area contributed by atoms with Gasteiger partial charge in [0.1, 0.15) is 21.5 Å². The van der Waals surface area contributed by atoms with Crippen LogP contribution in [0.25, 0.3) is 0 Å². The van der Waals surface area contributed by atoms with Gasteiger partial charge in [0.05, 0.1) is 13.0 Å². The zero-order chi connectivity index (χ0) is 26.7. The van der Waals surface area contributed by atoms with Crippen LogP contribution in [0.2, 0.25) is 0 Å². The fourth-order valence-corrected chi connectivity index (χ4v) is 8.32. The second kappa shape index (κ2) is 9.64. The number of carbonyl (C=O) groups is 3. The zero-order valence-corrected chi connectivity index (χ0v) is 24.4. The predicted molar refractivity (Wildman–Crippen MR) is 138 cm³/mol. The average molecular weight is 586 g/mol. The lowest BCUT2D eigenvalue weighted by atomic mass is 9.50. The largest absolute Gasteiger partial charge is 0.465 e. The summed E-state index contributed by atoms with van der Waals surface area (Å²) in [5.74, 6) is 0.0612. The van der Waals surface area contributed by atoms with E-state index in [1.165, 1.54) is 13.3 Å². The molecule has 5 rings (SSSR count). The molecule has 1 aliphatic heterocycles. The van der Waals surface area contributed by atoms with Crippen LogP contribution in [0.1, 0.15) is 85.5 Å². The van der Waals surface area contributed by atoms with Crippen LogP contribution in [-0.4, -0.2) is 44.4 Å². The Morgan fingerprint density at radius 3 is 2.00 bits per heavy atom. The van der Waals surface area contributed by atoms with Crippen molar-refractivity contribution in [3.05, 3.63) is 0 Å². The van der Waals surface area contributed by atoms with Gasteiger partial charge in [0.25, 0.3) is 0 Å². The lowest BCUT2D eigenvalue weighted by Crippen LogP contribution is -2.60. The van der Waals surface area contributed by atoms with Gasteiger partial charge in [-0.05, 0) is 89.4 Å². The Balaban J connectivity index is 1.56. The third kappa shape index (κ3) is 5.10. The zero-order valence-electron chi connectivity index (χ0n) is 21.3. The Bertz CT molecular complexity index is 887. The Morgan fingerprint density at radius 2 is 1.53 bits per heavy atom. The first-order valence-electron chi connectivity index (χ1n) is 12.9. The summed E-state index contributed by atoms with van der Waals surface area (Å²) in [6, 6.07) is 0. The summed E-state index contributed by atoms with van der Waals surface area (Å²) in [4.78, 5) is 37.3. The van der Waals surface area contributed by atoms with E-state index in [0.717, 1.165) is 25.7 Å². The fraction of sp³-hybridized carbons (Fsp3) is 0.885. The standard InChI is InChI=1S/C26H36Cl4O6/c1-5-25(26(28,29)30,14-23(3,27)20(32)35-22(2)6-7-34-19(31)13-22)21(33)36-24(4)17-9-15-8-16(11-17)12-18(24)10-15/h15-18H,5-14H2,1-4H3. The quantitative estimate of drug-likeness (QED) is 0.192. The SMILES string of the molecule is CCC(CC(C)(Cl)C(=O)OC1(C)CCOC(=O)C1)(C(=O)OC1(C)C2CC3CC(C2)CC1C3)C(Cl)(Cl)Cl. The number of halogens is 4. The van der Waals surface area contributed by atoms with Crippen molar-refractivity contribution in [1.29, 1.82) is 0 Å². The molecule has 4 bridgehead atoms. The number of esters is 3. The minimum Gasteiger partial charge on any atom is -0.465 e. The molecule has 5 aliphatic rings. The minimum absolute atomic E-state index is 0.0831. The molecule has 0 spiro atoms. The summed E-state index contributed by atoms with van der Waals surface area (Å²) in [7, 11) is 0. The van der Waals surface area contributed by atoms with Crippen LogP contribution in [0, 0.1) is 29.1 Å². The topological polar surface area (TPSA) is 78.9 Å². The molecule has 1 heterocycles. The molecular formula is C26H36Cl4O6. The van der Waals surface area contributed by atoms with Crippen LogP contribution in [0.4, 0.5) is 0 Å². The van der Waals surface area contributed by atoms with E-state index in [0.29, 0.717) is 18.3 Å². The van der Waals surface area contributed by atoms with Crippen molar-refractivity contribution in [3.63, 3.8) is 0 Å². The number of hydrogen-bond acceptors (Lipinski definition) is 6. The molecule has 10 heteroatoms. The Hall–Kier alpha value is -0.430. The summed E-state index contributed by atoms with van der Waals surface area (Å²) in [5, 5.41) is 0. The molecule has 0 N–H and O–H groups in total. The molecule has 0 aromatic rings. The molecule has 204 valence electrons. The summed E-state index contributed by atoms with van der Waals surface area (Å²) in [6.45, 7) is 6.98. The van der Waals surface area contributed by atoms with Gasteiger partial charge in [0.15, 0.2) is 0 Å². The van der Waals surface area contributed by atoms with Gasteiger partial charge in [-0.3, -0.25) is 14.4 Å². The monoisotopic (exact) mass is 584 g/mol. The molecule has 3 atom stereocenters. The van der Waals surface area contributed by atoms with E-state index in [1.54, 1.807) is 13.8 Å². The predicted octanol–water partition coefficient (Wildman–Crippen LogP) is 6.54. The van der Waals surface area contributed by atoms with Crippen LogP contribution in [0.3, 0.4) is 0 Å². The summed E-state index contributed by atoms with van der Waals surface area (Å²) in [5.41, 5.74) is -3.39. The Kier molecular flexibility index (Phi) is 7.65. The van der Waals surface area contributed by atoms with Gasteiger partial charge in [-0.25, -0.2) is 0 Å². The van der Waals surface area contributed by atoms with Gasteiger partial charge >= 0.3 is 17.9 Å². The molecule has 4 aliphatic carbocycles. The molecule has 1 saturated heterocycles. The van der Waals surface area contributed by atoms with E-state index in [-0.39, 0.29) is 37.7 Å². The number of carbonyl (C=O) groups excluding carboxylic acids is 3. The van der Waals surface area contributed by atoms with E-state index in [2.05, 4.69) is 0 Å². The molecule has 5 fully saturated rings. The van der Waals surface area contributed by atoms with Gasteiger partial charge < -0.3 is 14.2 Å². The van der Waals surface area contributed by atoms with Gasteiger partial charge in [-0.15, -0.1) is 11.6 Å². The average Bonchev–Trinajstić information content (AvgIpc) is 2.74. The maximum atomic E-state index is 14.0. The summed E-state index contributed by atoms with van der Waals surface area (Å²) in [6.07, 6.45) is 5.50. The van der Waals surface area contributed by atoms with Crippen molar-refractivity contribution < 1.29 is 28.6 Å². The first kappa shape index (κ1) is 28.6. The van der Waals surface area contributed by atoms with Crippen LogP contribution in [-0.2, 0) is 28.6 Å². The molecule has 0 radical (unpaired) electrons. The van der Waals surface area contributed by atoms with Crippen molar-refractivity contribution in [1.82, 2.24) is 0 Å². The number of rotatable bonds is 7. The maximum absolute atomic E-state index is 14.0. The van der Waals surface area contributed by atoms with E-state index < -0.39 is 43.2 Å². The first-order chi connectivity index (χ1) is 16.5. The molecule has 4 saturated carbocycles. The van der Waals surface area contributed by atoms with Crippen LogP contribution in [0.15, 0.2) is 0 Å². The molecule has 0 aromatic heterocycles.